The van der Waals surface area contributed by atoms with Gasteiger partial charge in [0.05, 0.1) is 11.2 Å². The molecular formula is C12H13NO. The van der Waals surface area contributed by atoms with Crippen molar-refractivity contribution in [3.63, 3.8) is 0 Å². The summed E-state index contributed by atoms with van der Waals surface area (Å²) in [5, 5.41) is 10.6. The number of rotatable bonds is 0. The van der Waals surface area contributed by atoms with Gasteiger partial charge in [-0.2, -0.15) is 0 Å². The quantitative estimate of drug-likeness (QED) is 0.688. The summed E-state index contributed by atoms with van der Waals surface area (Å²) in [7, 11) is 0. The SMILES string of the molecule is Cc1cc(C)c2cc(O)c(C)nc2c1. The Morgan fingerprint density at radius 3 is 2.50 bits per heavy atom. The van der Waals surface area contributed by atoms with Crippen molar-refractivity contribution in [1.29, 1.82) is 0 Å². The van der Waals surface area contributed by atoms with Gasteiger partial charge in [-0.25, -0.2) is 4.98 Å². The standard InChI is InChI=1S/C12H13NO/c1-7-4-8(2)10-6-12(14)9(3)13-11(10)5-7/h4-6,14H,1-3H3. The lowest BCUT2D eigenvalue weighted by molar-refractivity contribution is 0.469. The molecule has 1 N–H and O–H groups in total. The first-order chi connectivity index (χ1) is 6.58. The maximum atomic E-state index is 9.55. The third-order valence-corrected chi connectivity index (χ3v) is 2.45. The van der Waals surface area contributed by atoms with Crippen molar-refractivity contribution in [2.75, 3.05) is 0 Å². The van der Waals surface area contributed by atoms with Gasteiger partial charge in [0, 0.05) is 5.39 Å². The highest BCUT2D eigenvalue weighted by atomic mass is 16.3. The summed E-state index contributed by atoms with van der Waals surface area (Å²) in [6.45, 7) is 5.90. The molecule has 0 saturated heterocycles. The van der Waals surface area contributed by atoms with Crippen LogP contribution >= 0.6 is 0 Å². The summed E-state index contributed by atoms with van der Waals surface area (Å²) in [6, 6.07) is 5.92. The van der Waals surface area contributed by atoms with Crippen molar-refractivity contribution >= 4 is 10.9 Å². The Hall–Kier alpha value is -1.57. The molecule has 1 aromatic carbocycles. The molecule has 14 heavy (non-hydrogen) atoms. The van der Waals surface area contributed by atoms with Crippen LogP contribution < -0.4 is 0 Å². The largest absolute Gasteiger partial charge is 0.506 e. The number of aryl methyl sites for hydroxylation is 3. The molecule has 2 heteroatoms. The molecule has 0 saturated carbocycles. The minimum Gasteiger partial charge on any atom is -0.506 e. The van der Waals surface area contributed by atoms with E-state index in [9.17, 15) is 5.11 Å². The average molecular weight is 187 g/mol. The highest BCUT2D eigenvalue weighted by Gasteiger charge is 2.04. The summed E-state index contributed by atoms with van der Waals surface area (Å²) in [5.41, 5.74) is 4.00. The van der Waals surface area contributed by atoms with Crippen LogP contribution in [-0.4, -0.2) is 10.1 Å². The number of hydrogen-bond acceptors (Lipinski definition) is 2. The molecule has 1 heterocycles. The second-order valence-corrected chi connectivity index (χ2v) is 3.74. The minimum absolute atomic E-state index is 0.268. The second-order valence-electron chi connectivity index (χ2n) is 3.74. The Bertz CT molecular complexity index is 503. The first kappa shape index (κ1) is 9.00. The van der Waals surface area contributed by atoms with Gasteiger partial charge in [-0.05, 0) is 44.0 Å². The zero-order valence-corrected chi connectivity index (χ0v) is 8.63. The van der Waals surface area contributed by atoms with Crippen molar-refractivity contribution in [3.8, 4) is 5.75 Å². The molecule has 0 aliphatic rings. The van der Waals surface area contributed by atoms with Gasteiger partial charge < -0.3 is 5.11 Å². The van der Waals surface area contributed by atoms with Crippen molar-refractivity contribution in [2.45, 2.75) is 20.8 Å². The van der Waals surface area contributed by atoms with Crippen molar-refractivity contribution in [1.82, 2.24) is 4.98 Å². The van der Waals surface area contributed by atoms with Crippen LogP contribution in [0.5, 0.6) is 5.75 Å². The zero-order valence-electron chi connectivity index (χ0n) is 8.63. The van der Waals surface area contributed by atoms with Crippen LogP contribution in [0.1, 0.15) is 16.8 Å². The first-order valence-corrected chi connectivity index (χ1v) is 4.65. The van der Waals surface area contributed by atoms with E-state index in [1.165, 1.54) is 5.56 Å². The van der Waals surface area contributed by atoms with Gasteiger partial charge >= 0.3 is 0 Å². The van der Waals surface area contributed by atoms with Crippen LogP contribution in [0.2, 0.25) is 0 Å². The number of nitrogens with zero attached hydrogens (tertiary/aromatic N) is 1. The Kier molecular flexibility index (Phi) is 1.92. The normalized spacial score (nSPS) is 10.8. The van der Waals surface area contributed by atoms with E-state index in [1.54, 1.807) is 6.07 Å². The molecule has 2 nitrogen and oxygen atoms in total. The average Bonchev–Trinajstić information content (AvgIpc) is 2.08. The third kappa shape index (κ3) is 1.33. The summed E-state index contributed by atoms with van der Waals surface area (Å²) in [5.74, 6) is 0.268. The Morgan fingerprint density at radius 2 is 1.79 bits per heavy atom. The smallest absolute Gasteiger partial charge is 0.137 e. The molecule has 0 atom stereocenters. The fourth-order valence-corrected chi connectivity index (χ4v) is 1.72. The van der Waals surface area contributed by atoms with Crippen molar-refractivity contribution < 1.29 is 5.11 Å². The van der Waals surface area contributed by atoms with E-state index in [-0.39, 0.29) is 5.75 Å². The fraction of sp³-hybridized carbons (Fsp3) is 0.250. The van der Waals surface area contributed by atoms with Crippen molar-refractivity contribution in [2.24, 2.45) is 0 Å². The van der Waals surface area contributed by atoms with Gasteiger partial charge in [0.25, 0.3) is 0 Å². The Labute approximate surface area is 83.2 Å². The predicted octanol–water partition coefficient (Wildman–Crippen LogP) is 2.87. The summed E-state index contributed by atoms with van der Waals surface area (Å²) < 4.78 is 0. The van der Waals surface area contributed by atoms with E-state index in [2.05, 4.69) is 18.0 Å². The predicted molar refractivity (Wildman–Crippen MR) is 57.6 cm³/mol. The van der Waals surface area contributed by atoms with E-state index in [0.29, 0.717) is 5.69 Å². The Balaban J connectivity index is 2.89. The van der Waals surface area contributed by atoms with E-state index < -0.39 is 0 Å². The number of fused-ring (bicyclic) bond motifs is 1. The number of hydrogen-bond donors (Lipinski definition) is 1. The number of benzene rings is 1. The van der Waals surface area contributed by atoms with Crippen LogP contribution in [-0.2, 0) is 0 Å². The molecule has 0 aliphatic heterocycles. The summed E-state index contributed by atoms with van der Waals surface area (Å²) >= 11 is 0. The number of aromatic hydroxyl groups is 1. The summed E-state index contributed by atoms with van der Waals surface area (Å²) in [4.78, 5) is 4.35. The van der Waals surface area contributed by atoms with Gasteiger partial charge in [0.2, 0.25) is 0 Å². The van der Waals surface area contributed by atoms with Crippen LogP contribution in [0.25, 0.3) is 10.9 Å². The van der Waals surface area contributed by atoms with Gasteiger partial charge in [0.15, 0.2) is 0 Å². The zero-order chi connectivity index (χ0) is 10.3. The molecule has 2 aromatic rings. The van der Waals surface area contributed by atoms with Crippen LogP contribution in [0, 0.1) is 20.8 Å². The maximum Gasteiger partial charge on any atom is 0.137 e. The molecule has 0 amide bonds. The van der Waals surface area contributed by atoms with E-state index in [1.807, 2.05) is 19.9 Å². The molecule has 0 fully saturated rings. The highest BCUT2D eigenvalue weighted by molar-refractivity contribution is 5.84. The van der Waals surface area contributed by atoms with Gasteiger partial charge in [-0.15, -0.1) is 0 Å². The fourth-order valence-electron chi connectivity index (χ4n) is 1.72. The van der Waals surface area contributed by atoms with Crippen molar-refractivity contribution in [3.05, 3.63) is 35.0 Å². The first-order valence-electron chi connectivity index (χ1n) is 4.65. The van der Waals surface area contributed by atoms with Gasteiger partial charge in [-0.3, -0.25) is 0 Å². The van der Waals surface area contributed by atoms with E-state index in [0.717, 1.165) is 16.5 Å². The third-order valence-electron chi connectivity index (χ3n) is 2.45. The molecular weight excluding hydrogens is 174 g/mol. The van der Waals surface area contributed by atoms with E-state index >= 15 is 0 Å². The lowest BCUT2D eigenvalue weighted by Crippen LogP contribution is -1.88. The molecule has 0 aliphatic carbocycles. The van der Waals surface area contributed by atoms with Crippen LogP contribution in [0.3, 0.4) is 0 Å². The topological polar surface area (TPSA) is 33.1 Å². The lowest BCUT2D eigenvalue weighted by atomic mass is 10.1. The summed E-state index contributed by atoms with van der Waals surface area (Å²) in [6.07, 6.45) is 0. The van der Waals surface area contributed by atoms with Crippen LogP contribution in [0.15, 0.2) is 18.2 Å². The molecule has 2 rings (SSSR count). The van der Waals surface area contributed by atoms with E-state index in [4.69, 9.17) is 0 Å². The number of pyridine rings is 1. The molecule has 1 aromatic heterocycles. The van der Waals surface area contributed by atoms with Gasteiger partial charge in [0.1, 0.15) is 5.75 Å². The molecule has 0 radical (unpaired) electrons. The number of aromatic nitrogens is 1. The van der Waals surface area contributed by atoms with Gasteiger partial charge in [-0.1, -0.05) is 6.07 Å². The maximum absolute atomic E-state index is 9.55. The molecule has 0 bridgehead atoms. The Morgan fingerprint density at radius 1 is 1.07 bits per heavy atom. The highest BCUT2D eigenvalue weighted by Crippen LogP contribution is 2.24. The minimum atomic E-state index is 0.268. The monoisotopic (exact) mass is 187 g/mol. The molecule has 0 spiro atoms. The molecule has 72 valence electrons. The molecule has 0 unspecified atom stereocenters. The second kappa shape index (κ2) is 2.98. The van der Waals surface area contributed by atoms with Crippen LogP contribution in [0.4, 0.5) is 0 Å². The lowest BCUT2D eigenvalue weighted by Gasteiger charge is -2.06.